The maximum Gasteiger partial charge on any atom is 0.240 e. The van der Waals surface area contributed by atoms with Gasteiger partial charge in [-0.2, -0.15) is 4.98 Å². The summed E-state index contributed by atoms with van der Waals surface area (Å²) in [7, 11) is 2.11. The number of halogens is 2. The van der Waals surface area contributed by atoms with Gasteiger partial charge in [-0.1, -0.05) is 35.5 Å². The van der Waals surface area contributed by atoms with Gasteiger partial charge in [-0.15, -0.1) is 24.8 Å². The van der Waals surface area contributed by atoms with Gasteiger partial charge in [0.15, 0.2) is 5.82 Å². The van der Waals surface area contributed by atoms with E-state index in [-0.39, 0.29) is 24.8 Å². The van der Waals surface area contributed by atoms with E-state index >= 15 is 0 Å². The molecule has 2 heterocycles. The minimum absolute atomic E-state index is 0. The Morgan fingerprint density at radius 2 is 2.04 bits per heavy atom. The number of hydrogen-bond acceptors (Lipinski definition) is 6. The number of nitrogens with zero attached hydrogens (tertiary/aromatic N) is 4. The van der Waals surface area contributed by atoms with Crippen LogP contribution in [0.4, 0.5) is 0 Å². The average Bonchev–Trinajstić information content (AvgIpc) is 3.18. The molecule has 6 nitrogen and oxygen atoms in total. The van der Waals surface area contributed by atoms with Crippen LogP contribution in [0.2, 0.25) is 0 Å². The summed E-state index contributed by atoms with van der Waals surface area (Å²) in [5.41, 5.74) is 6.88. The molecule has 1 aliphatic rings. The fourth-order valence-electron chi connectivity index (χ4n) is 3.23. The van der Waals surface area contributed by atoms with Gasteiger partial charge in [-0.25, -0.2) is 0 Å². The van der Waals surface area contributed by atoms with Crippen LogP contribution in [-0.4, -0.2) is 46.6 Å². The summed E-state index contributed by atoms with van der Waals surface area (Å²) in [5, 5.41) is 3.95. The lowest BCUT2D eigenvalue weighted by molar-refractivity contribution is 0.247. The van der Waals surface area contributed by atoms with Crippen molar-refractivity contribution in [3.63, 3.8) is 0 Å². The molecule has 1 saturated heterocycles. The van der Waals surface area contributed by atoms with Crippen LogP contribution >= 0.6 is 24.8 Å². The van der Waals surface area contributed by atoms with Crippen LogP contribution in [0.1, 0.15) is 23.7 Å². The molecule has 2 aromatic rings. The number of benzene rings is 1. The van der Waals surface area contributed by atoms with Crippen LogP contribution in [0, 0.1) is 5.92 Å². The highest BCUT2D eigenvalue weighted by atomic mass is 35.5. The molecule has 0 saturated carbocycles. The Kier molecular flexibility index (Phi) is 9.38. The Balaban J connectivity index is 0.00000156. The fourth-order valence-corrected chi connectivity index (χ4v) is 3.23. The number of aromatic nitrogens is 2. The lowest BCUT2D eigenvalue weighted by Crippen LogP contribution is -2.28. The van der Waals surface area contributed by atoms with Gasteiger partial charge in [0.1, 0.15) is 0 Å². The van der Waals surface area contributed by atoms with Crippen molar-refractivity contribution in [2.75, 3.05) is 26.7 Å². The smallest absolute Gasteiger partial charge is 0.240 e. The maximum atomic E-state index is 5.49. The molecule has 1 aliphatic heterocycles. The van der Waals surface area contributed by atoms with E-state index in [1.807, 2.05) is 0 Å². The molecule has 8 heteroatoms. The van der Waals surface area contributed by atoms with Crippen molar-refractivity contribution in [2.24, 2.45) is 11.7 Å². The lowest BCUT2D eigenvalue weighted by atomic mass is 10.1. The van der Waals surface area contributed by atoms with Crippen LogP contribution in [0.5, 0.6) is 0 Å². The van der Waals surface area contributed by atoms with Gasteiger partial charge < -0.3 is 10.3 Å². The topological polar surface area (TPSA) is 71.4 Å². The van der Waals surface area contributed by atoms with Crippen molar-refractivity contribution in [3.05, 3.63) is 47.6 Å². The van der Waals surface area contributed by atoms with E-state index in [2.05, 4.69) is 57.3 Å². The normalized spacial score (nSPS) is 17.3. The van der Waals surface area contributed by atoms with Crippen molar-refractivity contribution in [1.82, 2.24) is 19.9 Å². The third-order valence-corrected chi connectivity index (χ3v) is 4.28. The van der Waals surface area contributed by atoms with Gasteiger partial charge >= 0.3 is 0 Å². The molecule has 1 aromatic carbocycles. The van der Waals surface area contributed by atoms with E-state index in [0.29, 0.717) is 30.7 Å². The quantitative estimate of drug-likeness (QED) is 0.785. The molecule has 1 unspecified atom stereocenters. The minimum Gasteiger partial charge on any atom is -0.338 e. The van der Waals surface area contributed by atoms with E-state index < -0.39 is 0 Å². The molecule has 1 fully saturated rings. The Morgan fingerprint density at radius 1 is 1.28 bits per heavy atom. The summed E-state index contributed by atoms with van der Waals surface area (Å²) in [4.78, 5) is 9.06. The molecule has 0 spiro atoms. The summed E-state index contributed by atoms with van der Waals surface area (Å²) in [6, 6.07) is 10.7. The molecule has 0 aliphatic carbocycles. The second-order valence-corrected chi connectivity index (χ2v) is 6.38. The number of rotatable bonds is 7. The number of hydrogen-bond donors (Lipinski definition) is 1. The van der Waals surface area contributed by atoms with Crippen molar-refractivity contribution >= 4 is 24.8 Å². The van der Waals surface area contributed by atoms with Crippen molar-refractivity contribution in [2.45, 2.75) is 26.1 Å². The molecule has 1 atom stereocenters. The predicted octanol–water partition coefficient (Wildman–Crippen LogP) is 2.33. The highest BCUT2D eigenvalue weighted by Gasteiger charge is 2.23. The van der Waals surface area contributed by atoms with E-state index in [1.165, 1.54) is 18.5 Å². The van der Waals surface area contributed by atoms with Crippen LogP contribution in [-0.2, 0) is 19.6 Å². The van der Waals surface area contributed by atoms with Gasteiger partial charge in [0.05, 0.1) is 13.1 Å². The molecular formula is C17H27Cl2N5O. The zero-order valence-corrected chi connectivity index (χ0v) is 16.1. The second kappa shape index (κ2) is 10.7. The molecule has 0 radical (unpaired) electrons. The Labute approximate surface area is 161 Å². The van der Waals surface area contributed by atoms with Gasteiger partial charge in [0.25, 0.3) is 0 Å². The van der Waals surface area contributed by atoms with Crippen LogP contribution in [0.3, 0.4) is 0 Å². The van der Waals surface area contributed by atoms with E-state index in [1.54, 1.807) is 0 Å². The first kappa shape index (κ1) is 21.9. The summed E-state index contributed by atoms with van der Waals surface area (Å²) in [6.45, 7) is 5.43. The minimum atomic E-state index is 0. The molecule has 1 aromatic heterocycles. The molecule has 25 heavy (non-hydrogen) atoms. The summed E-state index contributed by atoms with van der Waals surface area (Å²) in [6.07, 6.45) is 1.25. The van der Waals surface area contributed by atoms with Crippen LogP contribution in [0.25, 0.3) is 0 Å². The molecule has 0 amide bonds. The SMILES string of the molecule is CN(Cc1noc(CN)n1)CC1CCN(Cc2ccccc2)C1.Cl.Cl. The monoisotopic (exact) mass is 387 g/mol. The zero-order valence-electron chi connectivity index (χ0n) is 14.5. The van der Waals surface area contributed by atoms with E-state index in [0.717, 1.165) is 19.6 Å². The number of nitrogens with two attached hydrogens (primary N) is 1. The second-order valence-electron chi connectivity index (χ2n) is 6.38. The highest BCUT2D eigenvalue weighted by molar-refractivity contribution is 5.85. The summed E-state index contributed by atoms with van der Waals surface area (Å²) < 4.78 is 5.05. The van der Waals surface area contributed by atoms with Crippen molar-refractivity contribution in [1.29, 1.82) is 0 Å². The highest BCUT2D eigenvalue weighted by Crippen LogP contribution is 2.19. The Hall–Kier alpha value is -1.18. The Bertz CT molecular complexity index is 610. The first-order valence-electron chi connectivity index (χ1n) is 8.19. The zero-order chi connectivity index (χ0) is 16.1. The predicted molar refractivity (Wildman–Crippen MR) is 103 cm³/mol. The first-order chi connectivity index (χ1) is 11.2. The summed E-state index contributed by atoms with van der Waals surface area (Å²) in [5.74, 6) is 1.92. The number of likely N-dealkylation sites (tertiary alicyclic amines) is 1. The van der Waals surface area contributed by atoms with Crippen molar-refractivity contribution in [3.8, 4) is 0 Å². The summed E-state index contributed by atoms with van der Waals surface area (Å²) >= 11 is 0. The molecular weight excluding hydrogens is 361 g/mol. The van der Waals surface area contributed by atoms with Crippen LogP contribution < -0.4 is 5.73 Å². The van der Waals surface area contributed by atoms with Crippen molar-refractivity contribution < 1.29 is 4.52 Å². The van der Waals surface area contributed by atoms with Crippen LogP contribution in [0.15, 0.2) is 34.9 Å². The third-order valence-electron chi connectivity index (χ3n) is 4.28. The van der Waals surface area contributed by atoms with Gasteiger partial charge in [-0.3, -0.25) is 9.80 Å². The van der Waals surface area contributed by atoms with Gasteiger partial charge in [0, 0.05) is 19.6 Å². The standard InChI is InChI=1S/C17H25N5O.2ClH/c1-21(13-16-19-17(9-18)23-20-16)10-15-7-8-22(12-15)11-14-5-3-2-4-6-14;;/h2-6,15H,7-13,18H2,1H3;2*1H. The van der Waals surface area contributed by atoms with Gasteiger partial charge in [-0.05, 0) is 31.5 Å². The largest absolute Gasteiger partial charge is 0.338 e. The third kappa shape index (κ3) is 6.56. The molecule has 0 bridgehead atoms. The average molecular weight is 388 g/mol. The van der Waals surface area contributed by atoms with E-state index in [9.17, 15) is 0 Å². The van der Waals surface area contributed by atoms with E-state index in [4.69, 9.17) is 10.3 Å². The van der Waals surface area contributed by atoms with Gasteiger partial charge in [0.2, 0.25) is 5.89 Å². The molecule has 3 rings (SSSR count). The molecule has 140 valence electrons. The Morgan fingerprint density at radius 3 is 2.72 bits per heavy atom. The maximum absolute atomic E-state index is 5.49. The molecule has 2 N–H and O–H groups in total. The lowest BCUT2D eigenvalue weighted by Gasteiger charge is -2.20. The first-order valence-corrected chi connectivity index (χ1v) is 8.19. The fraction of sp³-hybridized carbons (Fsp3) is 0.529.